The number of hydrogen-bond acceptors (Lipinski definition) is 8. The van der Waals surface area contributed by atoms with Gasteiger partial charge in [-0.1, -0.05) is 0 Å². The molecule has 2 aliphatic rings. The molecule has 4 rings (SSSR count). The number of halogens is 1. The highest BCUT2D eigenvalue weighted by Crippen LogP contribution is 2.33. The quantitative estimate of drug-likeness (QED) is 0.555. The molecule has 0 radical (unpaired) electrons. The fourth-order valence-corrected chi connectivity index (χ4v) is 3.77. The first kappa shape index (κ1) is 16.9. The Kier molecular flexibility index (Phi) is 4.50. The first-order chi connectivity index (χ1) is 12.1. The summed E-state index contributed by atoms with van der Waals surface area (Å²) >= 11 is 5.77. The zero-order valence-electron chi connectivity index (χ0n) is 13.4. The lowest BCUT2D eigenvalue weighted by molar-refractivity contribution is -0.0291. The standard InChI is InChI=1S/C15H20ClN5O4/c16-4-9-11(23)12(24)15(25-9)21-6-19-10-13(17-5-18-14(10)21)20-7-2-1-3-8(7)22/h5-9,11-12,15,22-24H,1-4H2,(H,17,18,20)/t7?,8-,9-,11-,12-,15-/m1/s1. The highest BCUT2D eigenvalue weighted by atomic mass is 35.5. The molecule has 0 spiro atoms. The van der Waals surface area contributed by atoms with Crippen LogP contribution in [0, 0.1) is 0 Å². The molecule has 1 aliphatic carbocycles. The van der Waals surface area contributed by atoms with Crippen LogP contribution >= 0.6 is 11.6 Å². The van der Waals surface area contributed by atoms with E-state index >= 15 is 0 Å². The predicted molar refractivity (Wildman–Crippen MR) is 89.2 cm³/mol. The highest BCUT2D eigenvalue weighted by molar-refractivity contribution is 6.18. The summed E-state index contributed by atoms with van der Waals surface area (Å²) in [6.45, 7) is 0. The zero-order valence-corrected chi connectivity index (χ0v) is 14.1. The number of aromatic nitrogens is 4. The molecule has 4 N–H and O–H groups in total. The Balaban J connectivity index is 1.65. The molecule has 1 saturated carbocycles. The summed E-state index contributed by atoms with van der Waals surface area (Å²) in [6, 6.07) is -0.0704. The number of nitrogens with zero attached hydrogens (tertiary/aromatic N) is 4. The van der Waals surface area contributed by atoms with Gasteiger partial charge in [0, 0.05) is 0 Å². The van der Waals surface area contributed by atoms with Crippen molar-refractivity contribution in [2.75, 3.05) is 11.2 Å². The van der Waals surface area contributed by atoms with E-state index in [1.807, 2.05) is 0 Å². The number of anilines is 1. The fraction of sp³-hybridized carbons (Fsp3) is 0.667. The number of ether oxygens (including phenoxy) is 1. The van der Waals surface area contributed by atoms with Gasteiger partial charge in [-0.2, -0.15) is 0 Å². The maximum atomic E-state index is 10.2. The van der Waals surface area contributed by atoms with Crippen LogP contribution in [0.15, 0.2) is 12.7 Å². The average molecular weight is 370 g/mol. The van der Waals surface area contributed by atoms with E-state index < -0.39 is 30.6 Å². The first-order valence-electron chi connectivity index (χ1n) is 8.30. The van der Waals surface area contributed by atoms with Crippen molar-refractivity contribution < 1.29 is 20.1 Å². The van der Waals surface area contributed by atoms with Crippen molar-refractivity contribution in [3.05, 3.63) is 12.7 Å². The molecule has 6 atom stereocenters. The SMILES string of the molecule is O[C@@H]1[C@H](O)[C@@H](CCl)O[C@H]1n1cnc2c(NC3CCC[C@H]3O)ncnc21. The molecule has 136 valence electrons. The number of aliphatic hydroxyl groups is 3. The molecule has 0 amide bonds. The van der Waals surface area contributed by atoms with Crippen LogP contribution < -0.4 is 5.32 Å². The minimum atomic E-state index is -1.14. The Morgan fingerprint density at radius 1 is 1.20 bits per heavy atom. The third kappa shape index (κ3) is 2.85. The molecular formula is C15H20ClN5O4. The van der Waals surface area contributed by atoms with Crippen molar-refractivity contribution in [3.63, 3.8) is 0 Å². The van der Waals surface area contributed by atoms with Crippen LogP contribution in [0.1, 0.15) is 25.5 Å². The van der Waals surface area contributed by atoms with E-state index in [0.29, 0.717) is 17.0 Å². The number of rotatable bonds is 4. The third-order valence-corrected chi connectivity index (χ3v) is 5.23. The largest absolute Gasteiger partial charge is 0.391 e. The van der Waals surface area contributed by atoms with Gasteiger partial charge in [0.2, 0.25) is 0 Å². The van der Waals surface area contributed by atoms with Gasteiger partial charge in [-0.05, 0) is 19.3 Å². The van der Waals surface area contributed by atoms with Crippen molar-refractivity contribution in [2.24, 2.45) is 0 Å². The second-order valence-corrected chi connectivity index (χ2v) is 6.80. The monoisotopic (exact) mass is 369 g/mol. The molecular weight excluding hydrogens is 350 g/mol. The molecule has 2 fully saturated rings. The van der Waals surface area contributed by atoms with E-state index in [-0.39, 0.29) is 11.9 Å². The predicted octanol–water partition coefficient (Wildman–Crippen LogP) is 0.00960. The van der Waals surface area contributed by atoms with Gasteiger partial charge in [-0.25, -0.2) is 15.0 Å². The van der Waals surface area contributed by atoms with E-state index in [9.17, 15) is 15.3 Å². The molecule has 1 unspecified atom stereocenters. The van der Waals surface area contributed by atoms with Gasteiger partial charge in [0.25, 0.3) is 0 Å². The van der Waals surface area contributed by atoms with Gasteiger partial charge in [0.1, 0.15) is 24.6 Å². The summed E-state index contributed by atoms with van der Waals surface area (Å²) < 4.78 is 7.21. The smallest absolute Gasteiger partial charge is 0.167 e. The first-order valence-corrected chi connectivity index (χ1v) is 8.83. The third-order valence-electron chi connectivity index (χ3n) is 4.92. The summed E-state index contributed by atoms with van der Waals surface area (Å²) in [7, 11) is 0. The van der Waals surface area contributed by atoms with Gasteiger partial charge < -0.3 is 25.4 Å². The maximum Gasteiger partial charge on any atom is 0.167 e. The topological polar surface area (TPSA) is 126 Å². The number of hydrogen-bond donors (Lipinski definition) is 4. The number of nitrogens with one attached hydrogen (secondary N) is 1. The molecule has 1 aliphatic heterocycles. The van der Waals surface area contributed by atoms with Crippen molar-refractivity contribution in [2.45, 2.75) is 55.9 Å². The lowest BCUT2D eigenvalue weighted by Crippen LogP contribution is -2.32. The number of imidazole rings is 1. The van der Waals surface area contributed by atoms with Crippen LogP contribution in [-0.2, 0) is 4.74 Å². The minimum Gasteiger partial charge on any atom is -0.391 e. The highest BCUT2D eigenvalue weighted by Gasteiger charge is 2.44. The summed E-state index contributed by atoms with van der Waals surface area (Å²) in [5, 5.41) is 33.5. The lowest BCUT2D eigenvalue weighted by Gasteiger charge is -2.18. The normalized spacial score (nSPS) is 35.5. The number of aliphatic hydroxyl groups excluding tert-OH is 3. The van der Waals surface area contributed by atoms with E-state index in [0.717, 1.165) is 19.3 Å². The molecule has 10 heteroatoms. The minimum absolute atomic E-state index is 0.0704. The van der Waals surface area contributed by atoms with Gasteiger partial charge in [-0.15, -0.1) is 11.6 Å². The van der Waals surface area contributed by atoms with Crippen LogP contribution in [0.2, 0.25) is 0 Å². The van der Waals surface area contributed by atoms with Crippen molar-refractivity contribution >= 4 is 28.6 Å². The van der Waals surface area contributed by atoms with Crippen molar-refractivity contribution in [1.29, 1.82) is 0 Å². The summed E-state index contributed by atoms with van der Waals surface area (Å²) in [6.07, 6.45) is 1.36. The Morgan fingerprint density at radius 2 is 2.04 bits per heavy atom. The maximum absolute atomic E-state index is 10.2. The lowest BCUT2D eigenvalue weighted by atomic mass is 10.1. The Hall–Kier alpha value is -1.52. The summed E-state index contributed by atoms with van der Waals surface area (Å²) in [5.41, 5.74) is 0.984. The van der Waals surface area contributed by atoms with Crippen molar-refractivity contribution in [3.8, 4) is 0 Å². The van der Waals surface area contributed by atoms with Gasteiger partial charge in [-0.3, -0.25) is 4.57 Å². The molecule has 0 bridgehead atoms. The van der Waals surface area contributed by atoms with Gasteiger partial charge in [0.05, 0.1) is 24.4 Å². The zero-order chi connectivity index (χ0) is 17.6. The molecule has 2 aromatic rings. The number of alkyl halides is 1. The van der Waals surface area contributed by atoms with Crippen LogP contribution in [-0.4, -0.2) is 71.2 Å². The molecule has 0 aromatic carbocycles. The van der Waals surface area contributed by atoms with E-state index in [4.69, 9.17) is 16.3 Å². The van der Waals surface area contributed by atoms with E-state index in [1.54, 1.807) is 4.57 Å². The Morgan fingerprint density at radius 3 is 2.72 bits per heavy atom. The number of fused-ring (bicyclic) bond motifs is 1. The second kappa shape index (κ2) is 6.65. The van der Waals surface area contributed by atoms with Crippen LogP contribution in [0.5, 0.6) is 0 Å². The summed E-state index contributed by atoms with van der Waals surface area (Å²) in [4.78, 5) is 12.8. The van der Waals surface area contributed by atoms with E-state index in [1.165, 1.54) is 12.7 Å². The molecule has 2 aromatic heterocycles. The average Bonchev–Trinajstić information content (AvgIpc) is 3.29. The van der Waals surface area contributed by atoms with E-state index in [2.05, 4.69) is 20.3 Å². The second-order valence-electron chi connectivity index (χ2n) is 6.50. The van der Waals surface area contributed by atoms with Crippen molar-refractivity contribution in [1.82, 2.24) is 19.5 Å². The fourth-order valence-electron chi connectivity index (χ4n) is 3.51. The molecule has 25 heavy (non-hydrogen) atoms. The van der Waals surface area contributed by atoms with Gasteiger partial charge in [0.15, 0.2) is 23.2 Å². The van der Waals surface area contributed by atoms with Crippen LogP contribution in [0.3, 0.4) is 0 Å². The van der Waals surface area contributed by atoms with Crippen LogP contribution in [0.25, 0.3) is 11.2 Å². The molecule has 3 heterocycles. The van der Waals surface area contributed by atoms with Gasteiger partial charge >= 0.3 is 0 Å². The summed E-state index contributed by atoms with van der Waals surface area (Å²) in [5.74, 6) is 0.597. The Labute approximate surface area is 148 Å². The molecule has 1 saturated heterocycles. The van der Waals surface area contributed by atoms with Crippen LogP contribution in [0.4, 0.5) is 5.82 Å². The molecule has 9 nitrogen and oxygen atoms in total. The Bertz CT molecular complexity index is 759.